The summed E-state index contributed by atoms with van der Waals surface area (Å²) in [7, 11) is 0. The third kappa shape index (κ3) is 4.25. The van der Waals surface area contributed by atoms with Crippen LogP contribution in [-0.4, -0.2) is 21.7 Å². The Hall–Kier alpha value is -0.0600. The summed E-state index contributed by atoms with van der Waals surface area (Å²) in [6.45, 7) is 8.22. The summed E-state index contributed by atoms with van der Waals surface area (Å²) >= 11 is 9.37. The van der Waals surface area contributed by atoms with Crippen LogP contribution in [0.5, 0.6) is 0 Å². The van der Waals surface area contributed by atoms with Crippen LogP contribution in [0.15, 0.2) is 4.47 Å². The Morgan fingerprint density at radius 1 is 1.44 bits per heavy atom. The van der Waals surface area contributed by atoms with E-state index < -0.39 is 0 Å². The normalized spacial score (nSPS) is 12.9. The topological polar surface area (TPSA) is 29.9 Å². The largest absolute Gasteiger partial charge is 0.309 e. The van der Waals surface area contributed by atoms with Gasteiger partial charge in [-0.3, -0.25) is 4.68 Å². The summed E-state index contributed by atoms with van der Waals surface area (Å²) in [5.74, 6) is 0.739. The highest BCUT2D eigenvalue weighted by Crippen LogP contribution is 2.22. The van der Waals surface area contributed by atoms with Crippen molar-refractivity contribution in [1.82, 2.24) is 15.1 Å². The molecule has 3 nitrogen and oxygen atoms in total. The lowest BCUT2D eigenvalue weighted by Gasteiger charge is -2.14. The predicted octanol–water partition coefficient (Wildman–Crippen LogP) is 3.73. The summed E-state index contributed by atoms with van der Waals surface area (Å²) < 4.78 is 3.23. The lowest BCUT2D eigenvalue weighted by atomic mass is 10.2. The number of hydrogen-bond donors (Lipinski definition) is 1. The molecular weight excluding hydrogens is 314 g/mol. The second-order valence-corrected chi connectivity index (χ2v) is 5.66. The van der Waals surface area contributed by atoms with Gasteiger partial charge >= 0.3 is 0 Å². The third-order valence-corrected chi connectivity index (χ3v) is 4.27. The number of nitrogens with zero attached hydrogens (tertiary/aromatic N) is 2. The summed E-state index contributed by atoms with van der Waals surface area (Å²) in [4.78, 5) is 0. The molecule has 5 heteroatoms. The zero-order valence-corrected chi connectivity index (χ0v) is 13.8. The van der Waals surface area contributed by atoms with Crippen LogP contribution in [0, 0.1) is 0 Å². The third-order valence-electron chi connectivity index (χ3n) is 3.08. The molecule has 104 valence electrons. The van der Waals surface area contributed by atoms with E-state index in [1.54, 1.807) is 0 Å². The molecule has 0 aliphatic carbocycles. The van der Waals surface area contributed by atoms with Crippen molar-refractivity contribution < 1.29 is 0 Å². The number of aromatic nitrogens is 2. The molecule has 18 heavy (non-hydrogen) atoms. The van der Waals surface area contributed by atoms with Crippen LogP contribution < -0.4 is 5.32 Å². The minimum absolute atomic E-state index is 0.487. The van der Waals surface area contributed by atoms with Crippen molar-refractivity contribution >= 4 is 27.5 Å². The van der Waals surface area contributed by atoms with Gasteiger partial charge in [-0.1, -0.05) is 6.92 Å². The first-order chi connectivity index (χ1) is 8.63. The lowest BCUT2D eigenvalue weighted by Crippen LogP contribution is -2.27. The van der Waals surface area contributed by atoms with Crippen molar-refractivity contribution in [1.29, 1.82) is 0 Å². The zero-order chi connectivity index (χ0) is 13.5. The second kappa shape index (κ2) is 8.18. The molecule has 0 fully saturated rings. The number of hydrogen-bond acceptors (Lipinski definition) is 2. The Bertz CT molecular complexity index is 365. The molecule has 1 aromatic rings. The molecule has 1 heterocycles. The molecular formula is C13H23BrClN3. The molecule has 0 aliphatic rings. The molecule has 0 saturated carbocycles. The highest BCUT2D eigenvalue weighted by atomic mass is 79.9. The SMILES string of the molecule is CCc1nn(CC)c(CNC(C)CCCCl)c1Br. The van der Waals surface area contributed by atoms with Crippen LogP contribution in [-0.2, 0) is 19.5 Å². The number of halogens is 2. The molecule has 0 spiro atoms. The van der Waals surface area contributed by atoms with Crippen LogP contribution in [0.2, 0.25) is 0 Å². The zero-order valence-electron chi connectivity index (χ0n) is 11.5. The van der Waals surface area contributed by atoms with Crippen LogP contribution >= 0.6 is 27.5 Å². The Morgan fingerprint density at radius 3 is 2.72 bits per heavy atom. The van der Waals surface area contributed by atoms with E-state index in [-0.39, 0.29) is 0 Å². The van der Waals surface area contributed by atoms with Gasteiger partial charge in [0.25, 0.3) is 0 Å². The van der Waals surface area contributed by atoms with Crippen molar-refractivity contribution in [2.24, 2.45) is 0 Å². The molecule has 1 rings (SSSR count). The first-order valence-electron chi connectivity index (χ1n) is 6.67. The summed E-state index contributed by atoms with van der Waals surface area (Å²) in [6, 6.07) is 0.487. The lowest BCUT2D eigenvalue weighted by molar-refractivity contribution is 0.487. The van der Waals surface area contributed by atoms with Crippen molar-refractivity contribution in [2.75, 3.05) is 5.88 Å². The molecule has 1 aromatic heterocycles. The number of nitrogens with one attached hydrogen (secondary N) is 1. The van der Waals surface area contributed by atoms with Gasteiger partial charge in [0.05, 0.1) is 15.9 Å². The maximum Gasteiger partial charge on any atom is 0.0767 e. The first-order valence-corrected chi connectivity index (χ1v) is 8.00. The average molecular weight is 337 g/mol. The standard InChI is InChI=1S/C13H23BrClN3/c1-4-11-13(14)12(18(5-2)17-11)9-16-10(3)7-6-8-15/h10,16H,4-9H2,1-3H3. The average Bonchev–Trinajstić information content (AvgIpc) is 2.69. The molecule has 0 bridgehead atoms. The van der Waals surface area contributed by atoms with Gasteiger partial charge < -0.3 is 5.32 Å². The fourth-order valence-corrected chi connectivity index (χ4v) is 2.80. The quantitative estimate of drug-likeness (QED) is 0.733. The second-order valence-electron chi connectivity index (χ2n) is 4.49. The van der Waals surface area contributed by atoms with Crippen molar-refractivity contribution in [3.05, 3.63) is 15.9 Å². The van der Waals surface area contributed by atoms with E-state index in [1.807, 2.05) is 0 Å². The molecule has 1 atom stereocenters. The van der Waals surface area contributed by atoms with Crippen LogP contribution in [0.1, 0.15) is 45.0 Å². The number of alkyl halides is 1. The smallest absolute Gasteiger partial charge is 0.0767 e. The van der Waals surface area contributed by atoms with Gasteiger partial charge in [-0.15, -0.1) is 11.6 Å². The predicted molar refractivity (Wildman–Crippen MR) is 81.2 cm³/mol. The van der Waals surface area contributed by atoms with E-state index in [1.165, 1.54) is 5.69 Å². The van der Waals surface area contributed by atoms with Crippen molar-refractivity contribution in [3.8, 4) is 0 Å². The van der Waals surface area contributed by atoms with E-state index in [2.05, 4.69) is 51.8 Å². The molecule has 0 saturated heterocycles. The molecule has 0 aromatic carbocycles. The van der Waals surface area contributed by atoms with E-state index >= 15 is 0 Å². The van der Waals surface area contributed by atoms with Gasteiger partial charge in [-0.05, 0) is 49.0 Å². The Kier molecular flexibility index (Phi) is 7.27. The van der Waals surface area contributed by atoms with E-state index in [0.717, 1.165) is 48.4 Å². The van der Waals surface area contributed by atoms with Gasteiger partial charge in [-0.2, -0.15) is 5.10 Å². The Balaban J connectivity index is 2.63. The van der Waals surface area contributed by atoms with Gasteiger partial charge in [0.1, 0.15) is 0 Å². The molecule has 0 amide bonds. The van der Waals surface area contributed by atoms with E-state index in [0.29, 0.717) is 6.04 Å². The maximum atomic E-state index is 5.71. The van der Waals surface area contributed by atoms with Gasteiger partial charge in [0.2, 0.25) is 0 Å². The summed E-state index contributed by atoms with van der Waals surface area (Å²) in [5, 5.41) is 8.13. The Labute approximate surface area is 123 Å². The fourth-order valence-electron chi connectivity index (χ4n) is 1.94. The van der Waals surface area contributed by atoms with E-state index in [4.69, 9.17) is 11.6 Å². The minimum Gasteiger partial charge on any atom is -0.309 e. The maximum absolute atomic E-state index is 5.71. The fraction of sp³-hybridized carbons (Fsp3) is 0.769. The van der Waals surface area contributed by atoms with Gasteiger partial charge in [0, 0.05) is 25.0 Å². The van der Waals surface area contributed by atoms with Crippen molar-refractivity contribution in [2.45, 2.75) is 59.2 Å². The van der Waals surface area contributed by atoms with Gasteiger partial charge in [-0.25, -0.2) is 0 Å². The first kappa shape index (κ1) is 16.0. The summed E-state index contributed by atoms with van der Waals surface area (Å²) in [5.41, 5.74) is 2.38. The molecule has 0 aliphatic heterocycles. The minimum atomic E-state index is 0.487. The molecule has 0 radical (unpaired) electrons. The van der Waals surface area contributed by atoms with Crippen LogP contribution in [0.25, 0.3) is 0 Å². The monoisotopic (exact) mass is 335 g/mol. The van der Waals surface area contributed by atoms with E-state index in [9.17, 15) is 0 Å². The Morgan fingerprint density at radius 2 is 2.17 bits per heavy atom. The van der Waals surface area contributed by atoms with Crippen LogP contribution in [0.3, 0.4) is 0 Å². The van der Waals surface area contributed by atoms with Crippen LogP contribution in [0.4, 0.5) is 0 Å². The van der Waals surface area contributed by atoms with Gasteiger partial charge in [0.15, 0.2) is 0 Å². The highest BCUT2D eigenvalue weighted by Gasteiger charge is 2.14. The molecule has 1 unspecified atom stereocenters. The number of rotatable bonds is 8. The summed E-state index contributed by atoms with van der Waals surface area (Å²) in [6.07, 6.45) is 3.13. The van der Waals surface area contributed by atoms with Crippen molar-refractivity contribution in [3.63, 3.8) is 0 Å². The number of aryl methyl sites for hydroxylation is 2. The molecule has 1 N–H and O–H groups in total. The highest BCUT2D eigenvalue weighted by molar-refractivity contribution is 9.10.